The molecule has 5 heteroatoms. The molecule has 0 fully saturated rings. The van der Waals surface area contributed by atoms with E-state index in [-0.39, 0.29) is 11.8 Å². The zero-order valence-corrected chi connectivity index (χ0v) is 16.1. The molecule has 126 valence electrons. The highest BCUT2D eigenvalue weighted by molar-refractivity contribution is 14.1. The molecule has 4 nitrogen and oxygen atoms in total. The van der Waals surface area contributed by atoms with Crippen LogP contribution in [0.25, 0.3) is 11.1 Å². The summed E-state index contributed by atoms with van der Waals surface area (Å²) < 4.78 is 6.49. The Bertz CT molecular complexity index is 863. The first-order chi connectivity index (χ1) is 11.4. The molecule has 0 amide bonds. The minimum atomic E-state index is 0.197. The van der Waals surface area contributed by atoms with Crippen molar-refractivity contribution in [3.63, 3.8) is 0 Å². The smallest absolute Gasteiger partial charge is 0.168 e. The lowest BCUT2D eigenvalue weighted by atomic mass is 9.76. The maximum atomic E-state index is 10.5. The highest BCUT2D eigenvalue weighted by Crippen LogP contribution is 2.53. The number of fused-ring (bicyclic) bond motifs is 2. The number of likely N-dealkylation sites (N-methyl/N-ethyl adjacent to an activating group) is 1. The number of hydrogen-bond acceptors (Lipinski definition) is 4. The maximum absolute atomic E-state index is 10.5. The van der Waals surface area contributed by atoms with Crippen LogP contribution < -0.4 is 4.74 Å². The number of ether oxygens (including phenoxy) is 1. The maximum Gasteiger partial charge on any atom is 0.168 e. The van der Waals surface area contributed by atoms with Gasteiger partial charge in [0.2, 0.25) is 0 Å². The topological polar surface area (TPSA) is 52.9 Å². The van der Waals surface area contributed by atoms with Gasteiger partial charge in [-0.1, -0.05) is 0 Å². The number of hydrogen-bond donors (Lipinski definition) is 2. The Kier molecular flexibility index (Phi) is 3.69. The number of halogens is 1. The summed E-state index contributed by atoms with van der Waals surface area (Å²) in [6, 6.07) is 4.14. The van der Waals surface area contributed by atoms with Crippen LogP contribution in [0.1, 0.15) is 28.3 Å². The summed E-state index contributed by atoms with van der Waals surface area (Å²) in [5, 5.41) is 20.9. The number of rotatable bonds is 1. The number of aryl methyl sites for hydroxylation is 1. The molecular formula is C19H20INO3. The van der Waals surface area contributed by atoms with Gasteiger partial charge in [-0.15, -0.1) is 0 Å². The molecule has 0 spiro atoms. The van der Waals surface area contributed by atoms with E-state index < -0.39 is 0 Å². The van der Waals surface area contributed by atoms with E-state index >= 15 is 0 Å². The van der Waals surface area contributed by atoms with Gasteiger partial charge in [0.15, 0.2) is 11.5 Å². The summed E-state index contributed by atoms with van der Waals surface area (Å²) in [5.74, 6) is 1.09. The van der Waals surface area contributed by atoms with Crippen molar-refractivity contribution in [1.82, 2.24) is 4.90 Å². The molecular weight excluding hydrogens is 417 g/mol. The second kappa shape index (κ2) is 5.52. The summed E-state index contributed by atoms with van der Waals surface area (Å²) in [5.41, 5.74) is 6.53. The number of benzene rings is 2. The van der Waals surface area contributed by atoms with Crippen molar-refractivity contribution in [1.29, 1.82) is 0 Å². The van der Waals surface area contributed by atoms with E-state index in [2.05, 4.69) is 34.5 Å². The van der Waals surface area contributed by atoms with Crippen molar-refractivity contribution in [2.24, 2.45) is 0 Å². The van der Waals surface area contributed by atoms with Gasteiger partial charge >= 0.3 is 0 Å². The SMILES string of the molecule is COc1c(O)cc2c3c1-c1cc(C)c(O)c(I)c1CC3N(C)CC2. The predicted octanol–water partition coefficient (Wildman–Crippen LogP) is 3.77. The number of methoxy groups -OCH3 is 1. The highest BCUT2D eigenvalue weighted by Gasteiger charge is 2.37. The number of aromatic hydroxyl groups is 2. The van der Waals surface area contributed by atoms with Crippen LogP contribution in [0.5, 0.6) is 17.2 Å². The average Bonchev–Trinajstić information content (AvgIpc) is 2.56. The summed E-state index contributed by atoms with van der Waals surface area (Å²) in [7, 11) is 3.74. The molecule has 0 saturated heterocycles. The Balaban J connectivity index is 2.13. The van der Waals surface area contributed by atoms with Gasteiger partial charge < -0.3 is 14.9 Å². The Morgan fingerprint density at radius 1 is 1.29 bits per heavy atom. The first-order valence-corrected chi connectivity index (χ1v) is 9.16. The molecule has 0 aromatic heterocycles. The van der Waals surface area contributed by atoms with Crippen molar-refractivity contribution in [2.75, 3.05) is 20.7 Å². The lowest BCUT2D eigenvalue weighted by Gasteiger charge is -2.40. The summed E-state index contributed by atoms with van der Waals surface area (Å²) in [6.07, 6.45) is 1.79. The monoisotopic (exact) mass is 437 g/mol. The normalized spacial score (nSPS) is 18.9. The lowest BCUT2D eigenvalue weighted by Crippen LogP contribution is -2.36. The van der Waals surface area contributed by atoms with Gasteiger partial charge in [0.25, 0.3) is 0 Å². The highest BCUT2D eigenvalue weighted by atomic mass is 127. The first-order valence-electron chi connectivity index (χ1n) is 8.08. The molecule has 2 aromatic carbocycles. The molecule has 2 aromatic rings. The second-order valence-corrected chi connectivity index (χ2v) is 7.79. The van der Waals surface area contributed by atoms with Crippen LogP contribution in [0.4, 0.5) is 0 Å². The fraction of sp³-hybridized carbons (Fsp3) is 0.368. The van der Waals surface area contributed by atoms with Crippen LogP contribution in [0.2, 0.25) is 0 Å². The van der Waals surface area contributed by atoms with E-state index in [0.29, 0.717) is 11.5 Å². The van der Waals surface area contributed by atoms with Crippen LogP contribution in [0.15, 0.2) is 12.1 Å². The Morgan fingerprint density at radius 2 is 2.04 bits per heavy atom. The fourth-order valence-corrected chi connectivity index (χ4v) is 5.07. The fourth-order valence-electron chi connectivity index (χ4n) is 4.13. The van der Waals surface area contributed by atoms with Crippen molar-refractivity contribution in [3.8, 4) is 28.4 Å². The van der Waals surface area contributed by atoms with Crippen LogP contribution in [0, 0.1) is 10.5 Å². The third-order valence-electron chi connectivity index (χ3n) is 5.39. The first kappa shape index (κ1) is 16.0. The van der Waals surface area contributed by atoms with Crippen molar-refractivity contribution in [2.45, 2.75) is 25.8 Å². The van der Waals surface area contributed by atoms with E-state index in [0.717, 1.165) is 45.2 Å². The van der Waals surface area contributed by atoms with E-state index in [4.69, 9.17) is 4.74 Å². The molecule has 1 aliphatic heterocycles. The zero-order valence-electron chi connectivity index (χ0n) is 14.0. The number of phenolic OH excluding ortho intramolecular Hbond substituents is 2. The van der Waals surface area contributed by atoms with Crippen molar-refractivity contribution in [3.05, 3.63) is 38.0 Å². The molecule has 0 saturated carbocycles. The van der Waals surface area contributed by atoms with E-state index in [1.165, 1.54) is 11.1 Å². The Morgan fingerprint density at radius 3 is 2.75 bits per heavy atom. The summed E-state index contributed by atoms with van der Waals surface area (Å²) >= 11 is 2.23. The summed E-state index contributed by atoms with van der Waals surface area (Å²) in [6.45, 7) is 2.88. The molecule has 1 atom stereocenters. The molecule has 0 radical (unpaired) electrons. The van der Waals surface area contributed by atoms with Crippen molar-refractivity contribution < 1.29 is 14.9 Å². The molecule has 1 aliphatic carbocycles. The second-order valence-electron chi connectivity index (χ2n) is 6.71. The van der Waals surface area contributed by atoms with Gasteiger partial charge in [-0.25, -0.2) is 0 Å². The standard InChI is InChI=1S/C19H20INO3/c1-9-6-11-12(17(20)18(9)23)8-13-15-10(4-5-21(13)2)7-14(22)19(24-3)16(11)15/h6-7,13,22-23H,4-5,8H2,1-3H3. The molecule has 0 bridgehead atoms. The third-order valence-corrected chi connectivity index (χ3v) is 6.55. The largest absolute Gasteiger partial charge is 0.507 e. The number of nitrogens with zero attached hydrogens (tertiary/aromatic N) is 1. The number of phenols is 2. The van der Waals surface area contributed by atoms with Gasteiger partial charge in [0.1, 0.15) is 5.75 Å². The average molecular weight is 437 g/mol. The molecule has 24 heavy (non-hydrogen) atoms. The quantitative estimate of drug-likeness (QED) is 0.668. The van der Waals surface area contributed by atoms with E-state index in [1.807, 2.05) is 19.1 Å². The molecule has 1 heterocycles. The minimum absolute atomic E-state index is 0.197. The van der Waals surface area contributed by atoms with Gasteiger partial charge in [0.05, 0.1) is 10.7 Å². The molecule has 2 aliphatic rings. The predicted molar refractivity (Wildman–Crippen MR) is 102 cm³/mol. The Hall–Kier alpha value is -1.47. The third kappa shape index (κ3) is 2.07. The lowest BCUT2D eigenvalue weighted by molar-refractivity contribution is 0.226. The minimum Gasteiger partial charge on any atom is -0.507 e. The molecule has 2 N–H and O–H groups in total. The molecule has 1 unspecified atom stereocenters. The van der Waals surface area contributed by atoms with E-state index in [9.17, 15) is 10.2 Å². The van der Waals surface area contributed by atoms with Crippen LogP contribution >= 0.6 is 22.6 Å². The zero-order chi connectivity index (χ0) is 17.2. The van der Waals surface area contributed by atoms with Gasteiger partial charge in [-0.2, -0.15) is 0 Å². The Labute approximate surface area is 155 Å². The van der Waals surface area contributed by atoms with Crippen molar-refractivity contribution >= 4 is 22.6 Å². The van der Waals surface area contributed by atoms with Crippen LogP contribution in [-0.2, 0) is 12.8 Å². The van der Waals surface area contributed by atoms with E-state index in [1.54, 1.807) is 7.11 Å². The van der Waals surface area contributed by atoms with Crippen LogP contribution in [-0.4, -0.2) is 35.8 Å². The van der Waals surface area contributed by atoms with Crippen LogP contribution in [0.3, 0.4) is 0 Å². The van der Waals surface area contributed by atoms with Gasteiger partial charge in [-0.05, 0) is 89.4 Å². The summed E-state index contributed by atoms with van der Waals surface area (Å²) in [4.78, 5) is 2.36. The van der Waals surface area contributed by atoms with Gasteiger partial charge in [-0.3, -0.25) is 4.90 Å². The van der Waals surface area contributed by atoms with Gasteiger partial charge in [0, 0.05) is 18.2 Å². The molecule has 4 rings (SSSR count).